The monoisotopic (exact) mass is 403 g/mol. The van der Waals surface area contributed by atoms with E-state index in [0.717, 1.165) is 12.1 Å². The van der Waals surface area contributed by atoms with E-state index in [2.05, 4.69) is 10.3 Å². The van der Waals surface area contributed by atoms with E-state index in [0.29, 0.717) is 28.5 Å². The zero-order valence-electron chi connectivity index (χ0n) is 15.2. The summed E-state index contributed by atoms with van der Waals surface area (Å²) in [6.45, 7) is 0. The van der Waals surface area contributed by atoms with E-state index >= 15 is 0 Å². The van der Waals surface area contributed by atoms with Crippen molar-refractivity contribution in [2.75, 3.05) is 12.4 Å². The predicted molar refractivity (Wildman–Crippen MR) is 98.3 cm³/mol. The Bertz CT molecular complexity index is 1070. The SMILES string of the molecule is COc1ccc(C2CC(=O)Nc3c2ncn3-c2ccc(C(F)(F)F)cc2)cc1O. The first-order valence-electron chi connectivity index (χ1n) is 8.69. The number of hydrogen-bond donors (Lipinski definition) is 2. The molecule has 29 heavy (non-hydrogen) atoms. The number of alkyl halides is 3. The van der Waals surface area contributed by atoms with Gasteiger partial charge in [-0.15, -0.1) is 0 Å². The number of nitrogens with zero attached hydrogens (tertiary/aromatic N) is 2. The Labute approximate surface area is 163 Å². The van der Waals surface area contributed by atoms with Gasteiger partial charge < -0.3 is 15.2 Å². The molecule has 0 saturated carbocycles. The zero-order chi connectivity index (χ0) is 20.8. The maximum Gasteiger partial charge on any atom is 0.416 e. The summed E-state index contributed by atoms with van der Waals surface area (Å²) in [7, 11) is 1.44. The molecule has 1 aliphatic rings. The van der Waals surface area contributed by atoms with E-state index in [9.17, 15) is 23.1 Å². The zero-order valence-corrected chi connectivity index (χ0v) is 15.2. The topological polar surface area (TPSA) is 76.4 Å². The molecule has 150 valence electrons. The first-order valence-corrected chi connectivity index (χ1v) is 8.69. The van der Waals surface area contributed by atoms with Crippen LogP contribution in [0.2, 0.25) is 0 Å². The van der Waals surface area contributed by atoms with Gasteiger partial charge in [0.1, 0.15) is 12.1 Å². The Kier molecular flexibility index (Phi) is 4.45. The maximum absolute atomic E-state index is 12.8. The number of phenolic OH excluding ortho intramolecular Hbond substituents is 1. The van der Waals surface area contributed by atoms with Crippen LogP contribution in [0.5, 0.6) is 11.5 Å². The molecule has 1 aromatic heterocycles. The first kappa shape index (κ1) is 18.9. The van der Waals surface area contributed by atoms with E-state index in [1.54, 1.807) is 12.1 Å². The highest BCUT2D eigenvalue weighted by Gasteiger charge is 2.32. The van der Waals surface area contributed by atoms with Gasteiger partial charge in [-0.3, -0.25) is 9.36 Å². The van der Waals surface area contributed by atoms with Crippen molar-refractivity contribution in [2.24, 2.45) is 0 Å². The molecule has 0 aliphatic carbocycles. The number of amides is 1. The fraction of sp³-hybridized carbons (Fsp3) is 0.200. The van der Waals surface area contributed by atoms with E-state index in [4.69, 9.17) is 4.74 Å². The van der Waals surface area contributed by atoms with Crippen molar-refractivity contribution in [3.8, 4) is 17.2 Å². The largest absolute Gasteiger partial charge is 0.504 e. The van der Waals surface area contributed by atoms with Crippen LogP contribution in [-0.2, 0) is 11.0 Å². The van der Waals surface area contributed by atoms with Crippen LogP contribution < -0.4 is 10.1 Å². The number of carbonyl (C=O) groups is 1. The predicted octanol–water partition coefficient (Wildman–Crippen LogP) is 4.08. The summed E-state index contributed by atoms with van der Waals surface area (Å²) < 4.78 is 45.0. The standard InChI is InChI=1S/C20H16F3N3O3/c1-29-16-7-2-11(8-15(16)27)14-9-17(28)25-19-18(14)24-10-26(19)13-5-3-12(4-6-13)20(21,22)23/h2-8,10,14,27H,9H2,1H3,(H,25,28). The number of methoxy groups -OCH3 is 1. The molecular formula is C20H16F3N3O3. The van der Waals surface area contributed by atoms with Gasteiger partial charge in [0.05, 0.1) is 18.4 Å². The molecule has 0 saturated heterocycles. The Balaban J connectivity index is 1.74. The fourth-order valence-corrected chi connectivity index (χ4v) is 3.41. The number of phenols is 1. The lowest BCUT2D eigenvalue weighted by molar-refractivity contribution is -0.137. The van der Waals surface area contributed by atoms with E-state index < -0.39 is 17.7 Å². The molecule has 1 atom stereocenters. The molecule has 1 aliphatic heterocycles. The van der Waals surface area contributed by atoms with Gasteiger partial charge in [0.15, 0.2) is 11.5 Å². The summed E-state index contributed by atoms with van der Waals surface area (Å²) in [5.74, 6) is -0.0248. The lowest BCUT2D eigenvalue weighted by atomic mass is 9.89. The van der Waals surface area contributed by atoms with E-state index in [1.165, 1.54) is 36.2 Å². The molecule has 6 nitrogen and oxygen atoms in total. The van der Waals surface area contributed by atoms with Gasteiger partial charge in [-0.05, 0) is 42.0 Å². The van der Waals surface area contributed by atoms with Crippen LogP contribution in [0.15, 0.2) is 48.8 Å². The molecule has 0 spiro atoms. The number of ether oxygens (including phenoxy) is 1. The van der Waals surface area contributed by atoms with Crippen LogP contribution in [0.3, 0.4) is 0 Å². The van der Waals surface area contributed by atoms with Crippen LogP contribution in [0, 0.1) is 0 Å². The van der Waals surface area contributed by atoms with Crippen LogP contribution in [0.4, 0.5) is 19.0 Å². The van der Waals surface area contributed by atoms with Crippen molar-refractivity contribution in [1.29, 1.82) is 0 Å². The average Bonchev–Trinajstić information content (AvgIpc) is 3.10. The molecule has 3 aromatic rings. The molecule has 9 heteroatoms. The number of fused-ring (bicyclic) bond motifs is 1. The number of halogens is 3. The van der Waals surface area contributed by atoms with Gasteiger partial charge in [-0.1, -0.05) is 6.07 Å². The van der Waals surface area contributed by atoms with Crippen molar-refractivity contribution in [3.05, 3.63) is 65.6 Å². The Hall–Kier alpha value is -3.49. The van der Waals surface area contributed by atoms with Crippen molar-refractivity contribution in [1.82, 2.24) is 9.55 Å². The number of aromatic nitrogens is 2. The lowest BCUT2D eigenvalue weighted by Crippen LogP contribution is -2.24. The minimum Gasteiger partial charge on any atom is -0.504 e. The molecule has 1 amide bonds. The highest BCUT2D eigenvalue weighted by molar-refractivity contribution is 5.94. The summed E-state index contributed by atoms with van der Waals surface area (Å²) in [5, 5.41) is 12.8. The molecule has 0 radical (unpaired) electrons. The van der Waals surface area contributed by atoms with Crippen LogP contribution in [0.25, 0.3) is 5.69 Å². The number of anilines is 1. The molecule has 2 heterocycles. The molecule has 0 bridgehead atoms. The normalized spacial score (nSPS) is 16.3. The van der Waals surface area contributed by atoms with Crippen molar-refractivity contribution < 1.29 is 27.8 Å². The minimum absolute atomic E-state index is 0.0558. The van der Waals surface area contributed by atoms with Crippen LogP contribution >= 0.6 is 0 Å². The Morgan fingerprint density at radius 3 is 2.55 bits per heavy atom. The van der Waals surface area contributed by atoms with Crippen LogP contribution in [-0.4, -0.2) is 27.7 Å². The number of rotatable bonds is 3. The average molecular weight is 403 g/mol. The summed E-state index contributed by atoms with van der Waals surface area (Å²) >= 11 is 0. The third kappa shape index (κ3) is 3.39. The Morgan fingerprint density at radius 1 is 1.21 bits per heavy atom. The summed E-state index contributed by atoms with van der Waals surface area (Å²) in [5.41, 5.74) is 0.919. The first-order chi connectivity index (χ1) is 13.8. The van der Waals surface area contributed by atoms with Gasteiger partial charge in [-0.25, -0.2) is 4.98 Å². The number of nitrogens with one attached hydrogen (secondary N) is 1. The summed E-state index contributed by atoms with van der Waals surface area (Å²) in [6.07, 6.45) is -2.85. The molecule has 2 N–H and O–H groups in total. The second kappa shape index (κ2) is 6.84. The second-order valence-electron chi connectivity index (χ2n) is 6.63. The second-order valence-corrected chi connectivity index (χ2v) is 6.63. The van der Waals surface area contributed by atoms with Crippen molar-refractivity contribution in [3.63, 3.8) is 0 Å². The van der Waals surface area contributed by atoms with Crippen molar-refractivity contribution >= 4 is 11.7 Å². The molecular weight excluding hydrogens is 387 g/mol. The maximum atomic E-state index is 12.8. The lowest BCUT2D eigenvalue weighted by Gasteiger charge is -2.23. The van der Waals surface area contributed by atoms with Crippen molar-refractivity contribution in [2.45, 2.75) is 18.5 Å². The van der Waals surface area contributed by atoms with Gasteiger partial charge >= 0.3 is 6.18 Å². The highest BCUT2D eigenvalue weighted by atomic mass is 19.4. The van der Waals surface area contributed by atoms with E-state index in [1.807, 2.05) is 0 Å². The summed E-state index contributed by atoms with van der Waals surface area (Å²) in [4.78, 5) is 16.7. The number of hydrogen-bond acceptors (Lipinski definition) is 4. The third-order valence-electron chi connectivity index (χ3n) is 4.85. The smallest absolute Gasteiger partial charge is 0.416 e. The number of aromatic hydroxyl groups is 1. The molecule has 1 unspecified atom stereocenters. The van der Waals surface area contributed by atoms with Gasteiger partial charge in [-0.2, -0.15) is 13.2 Å². The molecule has 0 fully saturated rings. The number of imidazole rings is 1. The highest BCUT2D eigenvalue weighted by Crippen LogP contribution is 2.40. The number of carbonyl (C=O) groups excluding carboxylic acids is 1. The van der Waals surface area contributed by atoms with Gasteiger partial charge in [0, 0.05) is 18.0 Å². The van der Waals surface area contributed by atoms with E-state index in [-0.39, 0.29) is 18.1 Å². The minimum atomic E-state index is -4.43. The van der Waals surface area contributed by atoms with Gasteiger partial charge in [0.25, 0.3) is 0 Å². The molecule has 4 rings (SSSR count). The number of benzene rings is 2. The molecule has 2 aromatic carbocycles. The third-order valence-corrected chi connectivity index (χ3v) is 4.85. The Morgan fingerprint density at radius 2 is 1.93 bits per heavy atom. The fourth-order valence-electron chi connectivity index (χ4n) is 3.41. The van der Waals surface area contributed by atoms with Crippen LogP contribution in [0.1, 0.15) is 29.2 Å². The quantitative estimate of drug-likeness (QED) is 0.691. The summed E-state index contributed by atoms with van der Waals surface area (Å²) in [6, 6.07) is 9.45. The van der Waals surface area contributed by atoms with Gasteiger partial charge in [0.2, 0.25) is 5.91 Å².